The van der Waals surface area contributed by atoms with Gasteiger partial charge < -0.3 is 9.84 Å². The molecule has 0 spiro atoms. The minimum Gasteiger partial charge on any atom is -0.478 e. The maximum Gasteiger partial charge on any atom is 0.337 e. The van der Waals surface area contributed by atoms with Crippen LogP contribution in [0.4, 0.5) is 0 Å². The van der Waals surface area contributed by atoms with E-state index in [4.69, 9.17) is 33.0 Å². The molecule has 2 aromatic rings. The van der Waals surface area contributed by atoms with Gasteiger partial charge in [0, 0.05) is 11.2 Å². The lowest BCUT2D eigenvalue weighted by Crippen LogP contribution is -2.00. The quantitative estimate of drug-likeness (QED) is 0.906. The van der Waals surface area contributed by atoms with Crippen molar-refractivity contribution in [3.8, 4) is 11.6 Å². The summed E-state index contributed by atoms with van der Waals surface area (Å²) in [5, 5.41) is 9.62. The highest BCUT2D eigenvalue weighted by Crippen LogP contribution is 2.32. The first-order valence-corrected chi connectivity index (χ1v) is 6.48. The molecule has 0 aliphatic rings. The monoisotopic (exact) mass is 311 g/mol. The van der Waals surface area contributed by atoms with Crippen LogP contribution < -0.4 is 4.74 Å². The molecule has 20 heavy (non-hydrogen) atoms. The SMILES string of the molecule is Cc1cc(Oc2nccc(C(=O)O)c2Cl)cc(C)c1Cl. The molecule has 0 fully saturated rings. The minimum absolute atomic E-state index is 0.0368. The average Bonchev–Trinajstić information content (AvgIpc) is 2.38. The topological polar surface area (TPSA) is 59.4 Å². The van der Waals surface area contributed by atoms with Crippen molar-refractivity contribution in [1.29, 1.82) is 0 Å². The van der Waals surface area contributed by atoms with Gasteiger partial charge in [-0.3, -0.25) is 0 Å². The molecule has 0 amide bonds. The van der Waals surface area contributed by atoms with E-state index in [1.165, 1.54) is 12.3 Å². The highest BCUT2D eigenvalue weighted by atomic mass is 35.5. The van der Waals surface area contributed by atoms with Crippen molar-refractivity contribution in [1.82, 2.24) is 4.98 Å². The summed E-state index contributed by atoms with van der Waals surface area (Å²) >= 11 is 12.0. The van der Waals surface area contributed by atoms with Crippen LogP contribution in [0.25, 0.3) is 0 Å². The maximum atomic E-state index is 11.0. The normalized spacial score (nSPS) is 10.4. The Balaban J connectivity index is 2.40. The smallest absolute Gasteiger partial charge is 0.337 e. The van der Waals surface area contributed by atoms with Gasteiger partial charge in [0.2, 0.25) is 5.88 Å². The molecule has 0 saturated carbocycles. The first-order valence-electron chi connectivity index (χ1n) is 5.72. The number of aromatic carboxylic acids is 1. The van der Waals surface area contributed by atoms with Crippen LogP contribution in [0, 0.1) is 13.8 Å². The van der Waals surface area contributed by atoms with Gasteiger partial charge in [0.15, 0.2) is 0 Å². The van der Waals surface area contributed by atoms with Crippen molar-refractivity contribution in [2.45, 2.75) is 13.8 Å². The number of carbonyl (C=O) groups is 1. The molecule has 0 unspecified atom stereocenters. The fraction of sp³-hybridized carbons (Fsp3) is 0.143. The Morgan fingerprint density at radius 1 is 1.20 bits per heavy atom. The van der Waals surface area contributed by atoms with Crippen molar-refractivity contribution in [3.05, 3.63) is 51.1 Å². The zero-order valence-corrected chi connectivity index (χ0v) is 12.3. The molecule has 1 N–H and O–H groups in total. The molecule has 1 heterocycles. The number of ether oxygens (including phenoxy) is 1. The zero-order chi connectivity index (χ0) is 14.9. The van der Waals surface area contributed by atoms with Crippen LogP contribution in [0.15, 0.2) is 24.4 Å². The molecular weight excluding hydrogens is 301 g/mol. The summed E-state index contributed by atoms with van der Waals surface area (Å²) in [4.78, 5) is 14.9. The standard InChI is InChI=1S/C14H11Cl2NO3/c1-7-5-9(6-8(2)11(7)15)20-13-12(16)10(14(18)19)3-4-17-13/h3-6H,1-2H3,(H,18,19). The number of aryl methyl sites for hydroxylation is 2. The number of rotatable bonds is 3. The van der Waals surface area contributed by atoms with E-state index in [-0.39, 0.29) is 16.5 Å². The molecule has 0 saturated heterocycles. The third-order valence-corrected chi connectivity index (χ3v) is 3.67. The van der Waals surface area contributed by atoms with Crippen LogP contribution in [0.3, 0.4) is 0 Å². The van der Waals surface area contributed by atoms with Crippen molar-refractivity contribution >= 4 is 29.2 Å². The summed E-state index contributed by atoms with van der Waals surface area (Å²) in [7, 11) is 0. The first-order chi connectivity index (χ1) is 9.40. The number of nitrogens with zero attached hydrogens (tertiary/aromatic N) is 1. The van der Waals surface area contributed by atoms with Crippen molar-refractivity contribution in [3.63, 3.8) is 0 Å². The number of carboxylic acid groups (broad SMARTS) is 1. The van der Waals surface area contributed by atoms with Gasteiger partial charge in [-0.1, -0.05) is 23.2 Å². The van der Waals surface area contributed by atoms with Gasteiger partial charge in [0.05, 0.1) is 5.56 Å². The summed E-state index contributed by atoms with van der Waals surface area (Å²) in [5.74, 6) is -0.584. The Kier molecular flexibility index (Phi) is 4.16. The number of benzene rings is 1. The molecular formula is C14H11Cl2NO3. The number of carboxylic acids is 1. The Bertz CT molecular complexity index is 663. The Morgan fingerprint density at radius 3 is 2.35 bits per heavy atom. The zero-order valence-electron chi connectivity index (χ0n) is 10.8. The van der Waals surface area contributed by atoms with E-state index in [1.54, 1.807) is 12.1 Å². The first kappa shape index (κ1) is 14.6. The molecule has 1 aromatic carbocycles. The van der Waals surface area contributed by atoms with Crippen molar-refractivity contribution in [2.24, 2.45) is 0 Å². The van der Waals surface area contributed by atoms with Crippen LogP contribution in [-0.4, -0.2) is 16.1 Å². The van der Waals surface area contributed by atoms with Gasteiger partial charge in [-0.25, -0.2) is 9.78 Å². The molecule has 0 aliphatic heterocycles. The number of pyridine rings is 1. The number of aromatic nitrogens is 1. The minimum atomic E-state index is -1.13. The molecule has 0 radical (unpaired) electrons. The summed E-state index contributed by atoms with van der Waals surface area (Å²) < 4.78 is 5.55. The van der Waals surface area contributed by atoms with Gasteiger partial charge in [0.1, 0.15) is 10.8 Å². The van der Waals surface area contributed by atoms with E-state index in [2.05, 4.69) is 4.98 Å². The molecule has 6 heteroatoms. The second-order valence-electron chi connectivity index (χ2n) is 4.26. The van der Waals surface area contributed by atoms with E-state index in [0.717, 1.165) is 11.1 Å². The third kappa shape index (κ3) is 2.86. The van der Waals surface area contributed by atoms with Gasteiger partial charge in [-0.15, -0.1) is 0 Å². The van der Waals surface area contributed by atoms with Gasteiger partial charge in [-0.05, 0) is 43.2 Å². The highest BCUT2D eigenvalue weighted by molar-refractivity contribution is 6.34. The summed E-state index contributed by atoms with van der Waals surface area (Å²) in [6.07, 6.45) is 1.33. The molecule has 1 aromatic heterocycles. The van der Waals surface area contributed by atoms with Crippen molar-refractivity contribution in [2.75, 3.05) is 0 Å². The van der Waals surface area contributed by atoms with Crippen molar-refractivity contribution < 1.29 is 14.6 Å². The van der Waals surface area contributed by atoms with E-state index in [0.29, 0.717) is 10.8 Å². The van der Waals surface area contributed by atoms with Crippen LogP contribution in [0.5, 0.6) is 11.6 Å². The lowest BCUT2D eigenvalue weighted by Gasteiger charge is -2.10. The van der Waals surface area contributed by atoms with Crippen LogP contribution in [0.2, 0.25) is 10.0 Å². The van der Waals surface area contributed by atoms with Gasteiger partial charge in [-0.2, -0.15) is 0 Å². The second kappa shape index (κ2) is 5.69. The predicted molar refractivity (Wildman–Crippen MR) is 77.2 cm³/mol. The Hall–Kier alpha value is -1.78. The molecule has 2 rings (SSSR count). The highest BCUT2D eigenvalue weighted by Gasteiger charge is 2.15. The molecule has 0 bridgehead atoms. The van der Waals surface area contributed by atoms with E-state index in [1.807, 2.05) is 13.8 Å². The molecule has 104 valence electrons. The van der Waals surface area contributed by atoms with Gasteiger partial charge >= 0.3 is 5.97 Å². The maximum absolute atomic E-state index is 11.0. The molecule has 4 nitrogen and oxygen atoms in total. The second-order valence-corrected chi connectivity index (χ2v) is 5.01. The fourth-order valence-corrected chi connectivity index (χ4v) is 2.08. The lowest BCUT2D eigenvalue weighted by atomic mass is 10.1. The third-order valence-electron chi connectivity index (χ3n) is 2.71. The summed E-state index contributed by atoms with van der Waals surface area (Å²) in [6, 6.07) is 4.79. The van der Waals surface area contributed by atoms with E-state index < -0.39 is 5.97 Å². The predicted octanol–water partition coefficient (Wildman–Crippen LogP) is 4.50. The molecule has 0 aliphatic carbocycles. The van der Waals surface area contributed by atoms with E-state index in [9.17, 15) is 4.79 Å². The average molecular weight is 312 g/mol. The fourth-order valence-electron chi connectivity index (χ4n) is 1.74. The number of halogens is 2. The molecule has 0 atom stereocenters. The Morgan fingerprint density at radius 2 is 1.80 bits per heavy atom. The van der Waals surface area contributed by atoms with Crippen LogP contribution >= 0.6 is 23.2 Å². The van der Waals surface area contributed by atoms with Crippen LogP contribution in [0.1, 0.15) is 21.5 Å². The number of hydrogen-bond acceptors (Lipinski definition) is 3. The number of hydrogen-bond donors (Lipinski definition) is 1. The lowest BCUT2D eigenvalue weighted by molar-refractivity contribution is 0.0696. The Labute approximate surface area is 125 Å². The van der Waals surface area contributed by atoms with Crippen LogP contribution in [-0.2, 0) is 0 Å². The van der Waals surface area contributed by atoms with E-state index >= 15 is 0 Å². The summed E-state index contributed by atoms with van der Waals surface area (Å²) in [5.41, 5.74) is 1.65. The van der Waals surface area contributed by atoms with Gasteiger partial charge in [0.25, 0.3) is 0 Å². The largest absolute Gasteiger partial charge is 0.478 e. The summed E-state index contributed by atoms with van der Waals surface area (Å²) in [6.45, 7) is 3.70.